The number of hydrogen-bond donors (Lipinski definition) is 1. The van der Waals surface area contributed by atoms with Gasteiger partial charge in [-0.1, -0.05) is 6.07 Å². The van der Waals surface area contributed by atoms with Gasteiger partial charge in [-0.15, -0.1) is 0 Å². The lowest BCUT2D eigenvalue weighted by molar-refractivity contribution is -0.137. The summed E-state index contributed by atoms with van der Waals surface area (Å²) in [5, 5.41) is 6.48. The van der Waals surface area contributed by atoms with Gasteiger partial charge in [0.15, 0.2) is 0 Å². The molecule has 3 rings (SSSR count). The Labute approximate surface area is 150 Å². The molecule has 27 heavy (non-hydrogen) atoms. The molecule has 0 radical (unpaired) electrons. The van der Waals surface area contributed by atoms with Crippen molar-refractivity contribution in [3.8, 4) is 5.69 Å². The molecule has 0 bridgehead atoms. The van der Waals surface area contributed by atoms with E-state index in [4.69, 9.17) is 0 Å². The number of amides is 1. The average Bonchev–Trinajstić information content (AvgIpc) is 2.93. The van der Waals surface area contributed by atoms with Gasteiger partial charge in [-0.05, 0) is 37.3 Å². The summed E-state index contributed by atoms with van der Waals surface area (Å²) in [5.74, 6) is -2.63. The van der Waals surface area contributed by atoms with Crippen LogP contribution in [-0.4, -0.2) is 15.7 Å². The standard InChI is InChI=1S/C18H12F5N3O/c1-10-5-16(24-17(27)11-6-13(19)9-14(20)7-11)26(25-10)15-4-2-3-12(8-15)18(21,22)23/h2-9H,1H3,(H,24,27). The van der Waals surface area contributed by atoms with Crippen LogP contribution >= 0.6 is 0 Å². The Balaban J connectivity index is 1.96. The number of hydrogen-bond acceptors (Lipinski definition) is 2. The molecule has 2 aromatic carbocycles. The van der Waals surface area contributed by atoms with Crippen LogP contribution in [0.5, 0.6) is 0 Å². The summed E-state index contributed by atoms with van der Waals surface area (Å²) in [6.07, 6.45) is -4.54. The third kappa shape index (κ3) is 4.13. The van der Waals surface area contributed by atoms with Crippen molar-refractivity contribution in [2.24, 2.45) is 0 Å². The molecule has 0 aliphatic carbocycles. The number of carbonyl (C=O) groups is 1. The van der Waals surface area contributed by atoms with E-state index in [1.54, 1.807) is 6.92 Å². The number of aryl methyl sites for hydroxylation is 1. The molecule has 1 amide bonds. The third-order valence-electron chi connectivity index (χ3n) is 3.62. The SMILES string of the molecule is Cc1cc(NC(=O)c2cc(F)cc(F)c2)n(-c2cccc(C(F)(F)F)c2)n1. The highest BCUT2D eigenvalue weighted by atomic mass is 19.4. The van der Waals surface area contributed by atoms with Crippen LogP contribution in [0.4, 0.5) is 27.8 Å². The van der Waals surface area contributed by atoms with Gasteiger partial charge in [0, 0.05) is 17.7 Å². The zero-order valence-electron chi connectivity index (χ0n) is 13.8. The molecule has 140 valence electrons. The van der Waals surface area contributed by atoms with E-state index < -0.39 is 29.3 Å². The zero-order valence-corrected chi connectivity index (χ0v) is 13.8. The molecule has 0 saturated carbocycles. The second-order valence-corrected chi connectivity index (χ2v) is 5.74. The van der Waals surface area contributed by atoms with Gasteiger partial charge in [-0.3, -0.25) is 4.79 Å². The summed E-state index contributed by atoms with van der Waals surface area (Å²) in [5.41, 5.74) is -0.661. The molecule has 0 aliphatic rings. The molecule has 3 aromatic rings. The van der Waals surface area contributed by atoms with Crippen LogP contribution in [0.25, 0.3) is 5.69 Å². The summed E-state index contributed by atoms with van der Waals surface area (Å²) in [7, 11) is 0. The minimum Gasteiger partial charge on any atom is -0.306 e. The molecule has 0 spiro atoms. The van der Waals surface area contributed by atoms with E-state index in [1.165, 1.54) is 18.2 Å². The predicted octanol–water partition coefficient (Wildman–Crippen LogP) is 4.73. The van der Waals surface area contributed by atoms with Crippen LogP contribution in [0, 0.1) is 18.6 Å². The number of alkyl halides is 3. The first-order valence-corrected chi connectivity index (χ1v) is 7.65. The van der Waals surface area contributed by atoms with Gasteiger partial charge < -0.3 is 5.32 Å². The van der Waals surface area contributed by atoms with E-state index in [1.807, 2.05) is 0 Å². The number of aromatic nitrogens is 2. The Bertz CT molecular complexity index is 990. The lowest BCUT2D eigenvalue weighted by atomic mass is 10.2. The van der Waals surface area contributed by atoms with E-state index in [2.05, 4.69) is 10.4 Å². The van der Waals surface area contributed by atoms with Crippen molar-refractivity contribution in [3.63, 3.8) is 0 Å². The highest BCUT2D eigenvalue weighted by molar-refractivity contribution is 6.04. The fraction of sp³-hybridized carbons (Fsp3) is 0.111. The van der Waals surface area contributed by atoms with Crippen LogP contribution in [0.1, 0.15) is 21.6 Å². The van der Waals surface area contributed by atoms with Crippen LogP contribution in [-0.2, 0) is 6.18 Å². The molecule has 1 N–H and O–H groups in total. The molecule has 0 fully saturated rings. The lowest BCUT2D eigenvalue weighted by Gasteiger charge is -2.12. The van der Waals surface area contributed by atoms with Crippen molar-refractivity contribution in [2.75, 3.05) is 5.32 Å². The Morgan fingerprint density at radius 2 is 1.70 bits per heavy atom. The van der Waals surface area contributed by atoms with Gasteiger partial charge in [0.1, 0.15) is 17.5 Å². The number of rotatable bonds is 3. The summed E-state index contributed by atoms with van der Waals surface area (Å²) < 4.78 is 66.5. The highest BCUT2D eigenvalue weighted by Crippen LogP contribution is 2.31. The minimum atomic E-state index is -4.54. The molecule has 0 unspecified atom stereocenters. The molecule has 9 heteroatoms. The lowest BCUT2D eigenvalue weighted by Crippen LogP contribution is -2.16. The van der Waals surface area contributed by atoms with Crippen LogP contribution < -0.4 is 5.32 Å². The normalized spacial score (nSPS) is 11.5. The number of anilines is 1. The van der Waals surface area contributed by atoms with Crippen molar-refractivity contribution in [1.82, 2.24) is 9.78 Å². The van der Waals surface area contributed by atoms with Crippen molar-refractivity contribution in [1.29, 1.82) is 0 Å². The zero-order chi connectivity index (χ0) is 19.8. The maximum atomic E-state index is 13.3. The van der Waals surface area contributed by atoms with Crippen LogP contribution in [0.3, 0.4) is 0 Å². The van der Waals surface area contributed by atoms with Gasteiger partial charge in [0.05, 0.1) is 16.9 Å². The highest BCUT2D eigenvalue weighted by Gasteiger charge is 2.30. The largest absolute Gasteiger partial charge is 0.416 e. The number of benzene rings is 2. The van der Waals surface area contributed by atoms with Crippen LogP contribution in [0.2, 0.25) is 0 Å². The number of halogens is 5. The predicted molar refractivity (Wildman–Crippen MR) is 87.6 cm³/mol. The molecule has 1 aromatic heterocycles. The Hall–Kier alpha value is -3.23. The number of nitrogens with zero attached hydrogens (tertiary/aromatic N) is 2. The quantitative estimate of drug-likeness (QED) is 0.667. The molecular formula is C18H12F5N3O. The smallest absolute Gasteiger partial charge is 0.306 e. The summed E-state index contributed by atoms with van der Waals surface area (Å²) >= 11 is 0. The molecule has 0 aliphatic heterocycles. The minimum absolute atomic E-state index is 0.0569. The molecule has 0 saturated heterocycles. The van der Waals surface area contributed by atoms with Crippen LogP contribution in [0.15, 0.2) is 48.5 Å². The summed E-state index contributed by atoms with van der Waals surface area (Å²) in [6, 6.07) is 8.12. The van der Waals surface area contributed by atoms with Gasteiger partial charge >= 0.3 is 6.18 Å². The first-order chi connectivity index (χ1) is 12.6. The fourth-order valence-corrected chi connectivity index (χ4v) is 2.47. The fourth-order valence-electron chi connectivity index (χ4n) is 2.47. The van der Waals surface area contributed by atoms with E-state index in [-0.39, 0.29) is 17.1 Å². The number of carbonyl (C=O) groups excluding carboxylic acids is 1. The van der Waals surface area contributed by atoms with Gasteiger partial charge in [0.2, 0.25) is 0 Å². The second-order valence-electron chi connectivity index (χ2n) is 5.74. The topological polar surface area (TPSA) is 46.9 Å². The maximum absolute atomic E-state index is 13.3. The monoisotopic (exact) mass is 381 g/mol. The Morgan fingerprint density at radius 1 is 1.04 bits per heavy atom. The first-order valence-electron chi connectivity index (χ1n) is 7.65. The van der Waals surface area contributed by atoms with Crippen molar-refractivity contribution < 1.29 is 26.7 Å². The van der Waals surface area contributed by atoms with E-state index in [9.17, 15) is 26.7 Å². The summed E-state index contributed by atoms with van der Waals surface area (Å²) in [6.45, 7) is 1.58. The molecule has 4 nitrogen and oxygen atoms in total. The van der Waals surface area contributed by atoms with Crippen molar-refractivity contribution in [2.45, 2.75) is 13.1 Å². The third-order valence-corrected chi connectivity index (χ3v) is 3.62. The van der Waals surface area contributed by atoms with E-state index in [0.29, 0.717) is 11.8 Å². The molecule has 1 heterocycles. The summed E-state index contributed by atoms with van der Waals surface area (Å²) in [4.78, 5) is 12.3. The van der Waals surface area contributed by atoms with Gasteiger partial charge in [-0.25, -0.2) is 13.5 Å². The first kappa shape index (κ1) is 18.6. The van der Waals surface area contributed by atoms with E-state index >= 15 is 0 Å². The molecule has 0 atom stereocenters. The number of nitrogens with one attached hydrogen (secondary N) is 1. The Morgan fingerprint density at radius 3 is 2.33 bits per heavy atom. The average molecular weight is 381 g/mol. The van der Waals surface area contributed by atoms with Crippen molar-refractivity contribution in [3.05, 3.63) is 77.0 Å². The second kappa shape index (κ2) is 6.82. The maximum Gasteiger partial charge on any atom is 0.416 e. The van der Waals surface area contributed by atoms with Gasteiger partial charge in [0.25, 0.3) is 5.91 Å². The Kier molecular flexibility index (Phi) is 4.69. The van der Waals surface area contributed by atoms with Gasteiger partial charge in [-0.2, -0.15) is 18.3 Å². The van der Waals surface area contributed by atoms with Crippen molar-refractivity contribution >= 4 is 11.7 Å². The van der Waals surface area contributed by atoms with E-state index in [0.717, 1.165) is 28.9 Å². The molecular weight excluding hydrogens is 369 g/mol.